The largest absolute Gasteiger partial charge is 0.351 e. The molecule has 1 aliphatic heterocycles. The number of nitriles is 1. The number of nitrogens with one attached hydrogen (secondary N) is 1. The number of piperidine rings is 1. The van der Waals surface area contributed by atoms with E-state index in [2.05, 4.69) is 19.6 Å². The van der Waals surface area contributed by atoms with Gasteiger partial charge in [0.2, 0.25) is 5.95 Å². The highest BCUT2D eigenvalue weighted by molar-refractivity contribution is 7.96. The summed E-state index contributed by atoms with van der Waals surface area (Å²) in [5.41, 5.74) is -1.63. The number of nitrogens with zero attached hydrogens (tertiary/aromatic N) is 5. The van der Waals surface area contributed by atoms with Crippen molar-refractivity contribution in [2.75, 3.05) is 24.7 Å². The third kappa shape index (κ3) is 3.74. The number of hydrogen-bond acceptors (Lipinski definition) is 7. The lowest BCUT2D eigenvalue weighted by Gasteiger charge is -2.30. The summed E-state index contributed by atoms with van der Waals surface area (Å²) in [4.78, 5) is 21.5. The van der Waals surface area contributed by atoms with E-state index in [1.54, 1.807) is 18.0 Å². The van der Waals surface area contributed by atoms with Gasteiger partial charge in [-0.05, 0) is 37.3 Å². The van der Waals surface area contributed by atoms with Crippen molar-refractivity contribution in [1.82, 2.24) is 18.8 Å². The van der Waals surface area contributed by atoms with E-state index in [0.717, 1.165) is 42.6 Å². The predicted molar refractivity (Wildman–Crippen MR) is 111 cm³/mol. The van der Waals surface area contributed by atoms with Gasteiger partial charge in [-0.25, -0.2) is 13.8 Å². The molecule has 0 amide bonds. The molecule has 0 saturated carbocycles. The maximum absolute atomic E-state index is 14.5. The molecule has 30 heavy (non-hydrogen) atoms. The summed E-state index contributed by atoms with van der Waals surface area (Å²) in [6.45, 7) is 1.84. The zero-order valence-corrected chi connectivity index (χ0v) is 16.9. The van der Waals surface area contributed by atoms with Crippen molar-refractivity contribution < 1.29 is 8.78 Å². The Hall–Kier alpha value is -3.03. The van der Waals surface area contributed by atoms with Crippen molar-refractivity contribution in [2.45, 2.75) is 18.9 Å². The second-order valence-electron chi connectivity index (χ2n) is 6.88. The van der Waals surface area contributed by atoms with Crippen molar-refractivity contribution >= 4 is 28.9 Å². The first-order valence-corrected chi connectivity index (χ1v) is 10.5. The lowest BCUT2D eigenvalue weighted by Crippen LogP contribution is -2.35. The van der Waals surface area contributed by atoms with Crippen LogP contribution in [-0.2, 0) is 0 Å². The SMILES string of the molecule is CSN1CCC(Nc2ncc3cc(C#N)c(=O)n(-c4c(F)cccc4F)c3n2)CC1. The van der Waals surface area contributed by atoms with Crippen LogP contribution in [0.5, 0.6) is 0 Å². The number of rotatable bonds is 4. The van der Waals surface area contributed by atoms with Crippen molar-refractivity contribution in [2.24, 2.45) is 0 Å². The van der Waals surface area contributed by atoms with E-state index in [4.69, 9.17) is 0 Å². The van der Waals surface area contributed by atoms with Crippen LogP contribution in [0.25, 0.3) is 16.7 Å². The molecule has 0 unspecified atom stereocenters. The highest BCUT2D eigenvalue weighted by Crippen LogP contribution is 2.23. The molecule has 0 bridgehead atoms. The summed E-state index contributed by atoms with van der Waals surface area (Å²) >= 11 is 1.70. The Morgan fingerprint density at radius 2 is 1.97 bits per heavy atom. The van der Waals surface area contributed by atoms with E-state index in [-0.39, 0.29) is 23.2 Å². The fraction of sp³-hybridized carbons (Fsp3) is 0.300. The molecule has 0 atom stereocenters. The Kier molecular flexibility index (Phi) is 5.65. The summed E-state index contributed by atoms with van der Waals surface area (Å²) in [6, 6.07) is 6.55. The molecule has 2 aromatic heterocycles. The first-order valence-electron chi connectivity index (χ1n) is 9.34. The van der Waals surface area contributed by atoms with E-state index in [9.17, 15) is 18.8 Å². The first-order chi connectivity index (χ1) is 14.5. The average molecular weight is 428 g/mol. The summed E-state index contributed by atoms with van der Waals surface area (Å²) in [5, 5.41) is 12.9. The molecule has 1 N–H and O–H groups in total. The standard InChI is InChI=1S/C20H18F2N6OS/c1-30-27-7-5-14(6-8-27)25-20-24-11-13-9-12(10-23)19(29)28(18(13)26-20)17-15(21)3-2-4-16(17)22/h2-4,9,11,14H,5-8H2,1H3,(H,24,25,26). The number of anilines is 1. The fourth-order valence-electron chi connectivity index (χ4n) is 3.52. The van der Waals surface area contributed by atoms with Crippen LogP contribution in [-0.4, -0.2) is 44.2 Å². The van der Waals surface area contributed by atoms with Crippen LogP contribution in [0.3, 0.4) is 0 Å². The maximum Gasteiger partial charge on any atom is 0.274 e. The minimum absolute atomic E-state index is 0.0297. The minimum atomic E-state index is -0.925. The highest BCUT2D eigenvalue weighted by atomic mass is 32.2. The molecule has 3 heterocycles. The van der Waals surface area contributed by atoms with Crippen LogP contribution in [0.1, 0.15) is 18.4 Å². The summed E-state index contributed by atoms with van der Waals surface area (Å²) in [7, 11) is 0. The molecule has 7 nitrogen and oxygen atoms in total. The van der Waals surface area contributed by atoms with Crippen molar-refractivity contribution in [3.63, 3.8) is 0 Å². The Morgan fingerprint density at radius 1 is 1.27 bits per heavy atom. The Bertz CT molecular complexity index is 1180. The molecular weight excluding hydrogens is 410 g/mol. The Labute approximate surface area is 175 Å². The van der Waals surface area contributed by atoms with E-state index < -0.39 is 22.9 Å². The lowest BCUT2D eigenvalue weighted by atomic mass is 10.1. The second kappa shape index (κ2) is 8.38. The first kappa shape index (κ1) is 20.3. The van der Waals surface area contributed by atoms with Crippen LogP contribution in [0.15, 0.2) is 35.3 Å². The molecule has 0 aliphatic carbocycles. The van der Waals surface area contributed by atoms with Gasteiger partial charge in [0, 0.05) is 30.7 Å². The number of halogens is 2. The molecule has 1 aliphatic rings. The maximum atomic E-state index is 14.5. The van der Waals surface area contributed by atoms with Gasteiger partial charge >= 0.3 is 0 Å². The lowest BCUT2D eigenvalue weighted by molar-refractivity contribution is 0.358. The Morgan fingerprint density at radius 3 is 2.60 bits per heavy atom. The number of aromatic nitrogens is 3. The highest BCUT2D eigenvalue weighted by Gasteiger charge is 2.22. The number of hydrogen-bond donors (Lipinski definition) is 1. The van der Waals surface area contributed by atoms with E-state index in [0.29, 0.717) is 5.39 Å². The van der Waals surface area contributed by atoms with Crippen LogP contribution in [0.4, 0.5) is 14.7 Å². The number of fused-ring (bicyclic) bond motifs is 1. The number of para-hydroxylation sites is 1. The van der Waals surface area contributed by atoms with Gasteiger partial charge in [-0.15, -0.1) is 0 Å². The molecule has 1 fully saturated rings. The molecule has 154 valence electrons. The van der Waals surface area contributed by atoms with Gasteiger partial charge in [0.05, 0.1) is 0 Å². The summed E-state index contributed by atoms with van der Waals surface area (Å²) in [5.74, 6) is -1.59. The smallest absolute Gasteiger partial charge is 0.274 e. The van der Waals surface area contributed by atoms with Crippen LogP contribution in [0.2, 0.25) is 0 Å². The van der Waals surface area contributed by atoms with Gasteiger partial charge in [0.1, 0.15) is 29.0 Å². The molecule has 1 aromatic carbocycles. The molecule has 0 spiro atoms. The van der Waals surface area contributed by atoms with Crippen LogP contribution in [0, 0.1) is 23.0 Å². The molecule has 1 saturated heterocycles. The van der Waals surface area contributed by atoms with Crippen molar-refractivity contribution in [1.29, 1.82) is 5.26 Å². The van der Waals surface area contributed by atoms with Crippen molar-refractivity contribution in [3.05, 3.63) is 58.0 Å². The van der Waals surface area contributed by atoms with E-state index in [1.165, 1.54) is 18.3 Å². The zero-order valence-electron chi connectivity index (χ0n) is 16.1. The predicted octanol–water partition coefficient (Wildman–Crippen LogP) is 3.08. The third-order valence-electron chi connectivity index (χ3n) is 5.07. The molecule has 10 heteroatoms. The summed E-state index contributed by atoms with van der Waals surface area (Å²) in [6.07, 6.45) is 5.27. The van der Waals surface area contributed by atoms with Gasteiger partial charge < -0.3 is 5.32 Å². The van der Waals surface area contributed by atoms with Crippen LogP contribution < -0.4 is 10.9 Å². The number of pyridine rings is 1. The molecule has 0 radical (unpaired) electrons. The van der Waals surface area contributed by atoms with Gasteiger partial charge in [0.25, 0.3) is 5.56 Å². The zero-order chi connectivity index (χ0) is 21.3. The molecular formula is C20H18F2N6OS. The van der Waals surface area contributed by atoms with Gasteiger partial charge in [-0.2, -0.15) is 10.2 Å². The van der Waals surface area contributed by atoms with Crippen molar-refractivity contribution in [3.8, 4) is 11.8 Å². The fourth-order valence-corrected chi connectivity index (χ4v) is 4.10. The van der Waals surface area contributed by atoms with E-state index >= 15 is 0 Å². The monoisotopic (exact) mass is 428 g/mol. The second-order valence-corrected chi connectivity index (χ2v) is 7.76. The van der Waals surface area contributed by atoms with E-state index in [1.807, 2.05) is 6.26 Å². The quantitative estimate of drug-likeness (QED) is 0.639. The van der Waals surface area contributed by atoms with Gasteiger partial charge in [0.15, 0.2) is 5.65 Å². The average Bonchev–Trinajstić information content (AvgIpc) is 2.75. The molecule has 3 aromatic rings. The number of benzene rings is 1. The topological polar surface area (TPSA) is 86.8 Å². The normalized spacial score (nSPS) is 15.3. The third-order valence-corrected chi connectivity index (χ3v) is 5.95. The van der Waals surface area contributed by atoms with Gasteiger partial charge in [-0.3, -0.25) is 13.7 Å². The van der Waals surface area contributed by atoms with Crippen LogP contribution >= 0.6 is 11.9 Å². The minimum Gasteiger partial charge on any atom is -0.351 e. The summed E-state index contributed by atoms with van der Waals surface area (Å²) < 4.78 is 32.0. The Balaban J connectivity index is 1.82. The van der Waals surface area contributed by atoms with Gasteiger partial charge in [-0.1, -0.05) is 18.0 Å². The molecule has 4 rings (SSSR count).